The first-order chi connectivity index (χ1) is 20.3. The van der Waals surface area contributed by atoms with Gasteiger partial charge in [0.15, 0.2) is 0 Å². The molecule has 8 rings (SSSR count). The number of benzene rings is 7. The molecule has 0 saturated carbocycles. The van der Waals surface area contributed by atoms with Crippen LogP contribution in [-0.4, -0.2) is 4.57 Å². The molecule has 0 aliphatic rings. The molecule has 2 nitrogen and oxygen atoms in total. The number of hydrogen-bond acceptors (Lipinski definition) is 1. The number of fused-ring (bicyclic) bond motifs is 8. The minimum Gasteiger partial charge on any atom is -0.343 e. The fourth-order valence-electron chi connectivity index (χ4n) is 6.53. The molecule has 0 amide bonds. The van der Waals surface area contributed by atoms with E-state index in [-0.39, 0.29) is 0 Å². The maximum Gasteiger partial charge on any atom is 0.0575 e. The SMILES string of the molecule is Cn1c2cccc(N(c3ccccc3)c3ccc(-c4ccccc4)cc3)c2c2c3ccccc3c3ccccc3c21. The second kappa shape index (κ2) is 9.39. The maximum absolute atomic E-state index is 2.40. The summed E-state index contributed by atoms with van der Waals surface area (Å²) in [5.74, 6) is 0. The molecule has 0 aliphatic carbocycles. The predicted molar refractivity (Wildman–Crippen MR) is 176 cm³/mol. The van der Waals surface area contributed by atoms with E-state index in [0.29, 0.717) is 0 Å². The lowest BCUT2D eigenvalue weighted by Crippen LogP contribution is -2.10. The van der Waals surface area contributed by atoms with Gasteiger partial charge >= 0.3 is 0 Å². The van der Waals surface area contributed by atoms with E-state index in [2.05, 4.69) is 168 Å². The van der Waals surface area contributed by atoms with Gasteiger partial charge in [-0.2, -0.15) is 0 Å². The molecule has 194 valence electrons. The summed E-state index contributed by atoms with van der Waals surface area (Å²) in [5, 5.41) is 7.71. The molecule has 1 aromatic heterocycles. The van der Waals surface area contributed by atoms with Crippen LogP contribution in [0.4, 0.5) is 17.1 Å². The van der Waals surface area contributed by atoms with Crippen molar-refractivity contribution in [3.63, 3.8) is 0 Å². The van der Waals surface area contributed by atoms with Gasteiger partial charge in [-0.25, -0.2) is 0 Å². The molecule has 2 heteroatoms. The van der Waals surface area contributed by atoms with Crippen LogP contribution in [0.5, 0.6) is 0 Å². The van der Waals surface area contributed by atoms with Crippen molar-refractivity contribution >= 4 is 60.4 Å². The first-order valence-corrected chi connectivity index (χ1v) is 14.1. The van der Waals surface area contributed by atoms with Crippen molar-refractivity contribution in [2.45, 2.75) is 0 Å². The van der Waals surface area contributed by atoms with E-state index in [1.165, 1.54) is 60.2 Å². The van der Waals surface area contributed by atoms with E-state index in [1.54, 1.807) is 0 Å². The third kappa shape index (κ3) is 3.65. The fourth-order valence-corrected chi connectivity index (χ4v) is 6.53. The largest absolute Gasteiger partial charge is 0.343 e. The molecular formula is C39H28N2. The third-order valence-electron chi connectivity index (χ3n) is 8.36. The Morgan fingerprint density at radius 1 is 0.415 bits per heavy atom. The van der Waals surface area contributed by atoms with Crippen LogP contribution in [0.25, 0.3) is 54.5 Å². The molecule has 41 heavy (non-hydrogen) atoms. The summed E-state index contributed by atoms with van der Waals surface area (Å²) in [7, 11) is 2.21. The Kier molecular flexibility index (Phi) is 5.39. The van der Waals surface area contributed by atoms with E-state index < -0.39 is 0 Å². The molecule has 8 aromatic rings. The van der Waals surface area contributed by atoms with Gasteiger partial charge in [-0.15, -0.1) is 0 Å². The summed E-state index contributed by atoms with van der Waals surface area (Å²) < 4.78 is 2.38. The van der Waals surface area contributed by atoms with E-state index >= 15 is 0 Å². The highest BCUT2D eigenvalue weighted by molar-refractivity contribution is 6.33. The summed E-state index contributed by atoms with van der Waals surface area (Å²) in [4.78, 5) is 2.40. The average molecular weight is 525 g/mol. The lowest BCUT2D eigenvalue weighted by molar-refractivity contribution is 1.02. The lowest BCUT2D eigenvalue weighted by atomic mass is 9.96. The smallest absolute Gasteiger partial charge is 0.0575 e. The lowest BCUT2D eigenvalue weighted by Gasteiger charge is -2.26. The van der Waals surface area contributed by atoms with Gasteiger partial charge in [-0.1, -0.05) is 115 Å². The molecule has 0 atom stereocenters. The normalized spacial score (nSPS) is 11.5. The minimum absolute atomic E-state index is 1.13. The zero-order valence-electron chi connectivity index (χ0n) is 22.8. The summed E-state index contributed by atoms with van der Waals surface area (Å²) in [6.07, 6.45) is 0. The van der Waals surface area contributed by atoms with Gasteiger partial charge in [0.05, 0.1) is 16.7 Å². The van der Waals surface area contributed by atoms with Crippen LogP contribution in [0.1, 0.15) is 0 Å². The molecule has 7 aromatic carbocycles. The van der Waals surface area contributed by atoms with Crippen LogP contribution in [0, 0.1) is 0 Å². The molecule has 0 unspecified atom stereocenters. The summed E-state index contributed by atoms with van der Waals surface area (Å²) in [6, 6.07) is 54.6. The molecule has 0 fully saturated rings. The Hall–Kier alpha value is -5.34. The van der Waals surface area contributed by atoms with Crippen LogP contribution >= 0.6 is 0 Å². The van der Waals surface area contributed by atoms with Gasteiger partial charge < -0.3 is 9.47 Å². The molecule has 0 radical (unpaired) electrons. The Morgan fingerprint density at radius 2 is 0.951 bits per heavy atom. The Morgan fingerprint density at radius 3 is 1.66 bits per heavy atom. The van der Waals surface area contributed by atoms with Crippen molar-refractivity contribution in [2.24, 2.45) is 7.05 Å². The zero-order valence-corrected chi connectivity index (χ0v) is 22.8. The number of aromatic nitrogens is 1. The second-order valence-electron chi connectivity index (χ2n) is 10.6. The molecule has 0 aliphatic heterocycles. The predicted octanol–water partition coefficient (Wildman–Crippen LogP) is 10.8. The Balaban J connectivity index is 1.46. The number of aryl methyl sites for hydroxylation is 1. The molecular weight excluding hydrogens is 496 g/mol. The molecule has 0 spiro atoms. The molecule has 0 N–H and O–H groups in total. The Bertz CT molecular complexity index is 2190. The van der Waals surface area contributed by atoms with Crippen molar-refractivity contribution in [1.29, 1.82) is 0 Å². The van der Waals surface area contributed by atoms with Crippen LogP contribution in [0.3, 0.4) is 0 Å². The summed E-state index contributed by atoms with van der Waals surface area (Å²) in [5.41, 5.74) is 8.37. The van der Waals surface area contributed by atoms with Crippen LogP contribution < -0.4 is 4.90 Å². The van der Waals surface area contributed by atoms with Crippen LogP contribution in [0.15, 0.2) is 152 Å². The van der Waals surface area contributed by atoms with E-state index in [9.17, 15) is 0 Å². The van der Waals surface area contributed by atoms with Gasteiger partial charge in [-0.3, -0.25) is 0 Å². The topological polar surface area (TPSA) is 8.17 Å². The molecule has 0 saturated heterocycles. The summed E-state index contributed by atoms with van der Waals surface area (Å²) in [6.45, 7) is 0. The van der Waals surface area contributed by atoms with Crippen molar-refractivity contribution in [3.8, 4) is 11.1 Å². The number of hydrogen-bond donors (Lipinski definition) is 0. The van der Waals surface area contributed by atoms with E-state index in [0.717, 1.165) is 11.4 Å². The van der Waals surface area contributed by atoms with Gasteiger partial charge in [0.2, 0.25) is 0 Å². The van der Waals surface area contributed by atoms with E-state index in [4.69, 9.17) is 0 Å². The number of anilines is 3. The second-order valence-corrected chi connectivity index (χ2v) is 10.6. The van der Waals surface area contributed by atoms with Crippen molar-refractivity contribution in [2.75, 3.05) is 4.90 Å². The highest BCUT2D eigenvalue weighted by atomic mass is 15.1. The average Bonchev–Trinajstić information content (AvgIpc) is 3.36. The Labute approximate surface area is 239 Å². The van der Waals surface area contributed by atoms with Gasteiger partial charge in [-0.05, 0) is 63.7 Å². The maximum atomic E-state index is 2.40. The van der Waals surface area contributed by atoms with Gasteiger partial charge in [0.1, 0.15) is 0 Å². The van der Waals surface area contributed by atoms with Crippen LogP contribution in [-0.2, 0) is 7.05 Å². The quantitative estimate of drug-likeness (QED) is 0.208. The van der Waals surface area contributed by atoms with E-state index in [1.807, 2.05) is 0 Å². The fraction of sp³-hybridized carbons (Fsp3) is 0.0256. The number of nitrogens with zero attached hydrogens (tertiary/aromatic N) is 2. The number of para-hydroxylation sites is 1. The zero-order chi connectivity index (χ0) is 27.3. The molecule has 0 bridgehead atoms. The number of rotatable bonds is 4. The monoisotopic (exact) mass is 524 g/mol. The van der Waals surface area contributed by atoms with Crippen molar-refractivity contribution in [3.05, 3.63) is 152 Å². The first kappa shape index (κ1) is 23.5. The third-order valence-corrected chi connectivity index (χ3v) is 8.36. The molecule has 1 heterocycles. The highest BCUT2D eigenvalue weighted by Gasteiger charge is 2.22. The van der Waals surface area contributed by atoms with Crippen molar-refractivity contribution < 1.29 is 0 Å². The summed E-state index contributed by atoms with van der Waals surface area (Å²) >= 11 is 0. The standard InChI is InChI=1S/C39H28N2/c1-40-35-21-12-22-36(38(35)37-33-19-10-8-17-31(33)32-18-9-11-20-34(32)39(37)40)41(29-15-6-3-7-16-29)30-25-23-28(24-26-30)27-13-4-2-5-14-27/h2-26H,1H3. The van der Waals surface area contributed by atoms with Gasteiger partial charge in [0.25, 0.3) is 0 Å². The van der Waals surface area contributed by atoms with Crippen molar-refractivity contribution in [1.82, 2.24) is 4.57 Å². The highest BCUT2D eigenvalue weighted by Crippen LogP contribution is 2.46. The first-order valence-electron chi connectivity index (χ1n) is 14.1. The van der Waals surface area contributed by atoms with Crippen LogP contribution in [0.2, 0.25) is 0 Å². The minimum atomic E-state index is 1.13. The van der Waals surface area contributed by atoms with Gasteiger partial charge in [0, 0.05) is 34.6 Å².